The van der Waals surface area contributed by atoms with Crippen LogP contribution in [-0.2, 0) is 6.54 Å². The van der Waals surface area contributed by atoms with E-state index in [9.17, 15) is 13.6 Å². The van der Waals surface area contributed by atoms with Crippen molar-refractivity contribution in [3.8, 4) is 0 Å². The van der Waals surface area contributed by atoms with Crippen molar-refractivity contribution in [3.05, 3.63) is 46.2 Å². The van der Waals surface area contributed by atoms with Crippen molar-refractivity contribution in [3.63, 3.8) is 0 Å². The predicted octanol–water partition coefficient (Wildman–Crippen LogP) is 1.75. The van der Waals surface area contributed by atoms with Gasteiger partial charge in [0.05, 0.1) is 17.6 Å². The molecular formula is C10H7F2N3OS. The quantitative estimate of drug-likeness (QED) is 0.850. The molecule has 0 aliphatic heterocycles. The predicted molar refractivity (Wildman–Crippen MR) is 57.4 cm³/mol. The standard InChI is InChI=1S/C10H7F2N3OS/c11-8-7(1-2-14-9(8)12)10(16)15-4-6-3-13-5-17-6/h1-3,5H,4H2,(H,15,16). The Bertz CT molecular complexity index is 530. The van der Waals surface area contributed by atoms with Crippen LogP contribution in [0.2, 0.25) is 0 Å². The number of carbonyl (C=O) groups excluding carboxylic acids is 1. The molecule has 0 aliphatic carbocycles. The molecule has 0 spiro atoms. The molecule has 0 aliphatic rings. The fourth-order valence-corrected chi connectivity index (χ4v) is 1.72. The van der Waals surface area contributed by atoms with Gasteiger partial charge in [0.25, 0.3) is 5.91 Å². The normalized spacial score (nSPS) is 10.2. The van der Waals surface area contributed by atoms with Gasteiger partial charge in [-0.1, -0.05) is 0 Å². The summed E-state index contributed by atoms with van der Waals surface area (Å²) in [6, 6.07) is 1.13. The Hall–Kier alpha value is -1.89. The minimum atomic E-state index is -1.28. The number of hydrogen-bond acceptors (Lipinski definition) is 4. The lowest BCUT2D eigenvalue weighted by atomic mass is 10.2. The Morgan fingerprint density at radius 3 is 3.00 bits per heavy atom. The molecule has 2 rings (SSSR count). The van der Waals surface area contributed by atoms with Gasteiger partial charge in [-0.05, 0) is 6.07 Å². The summed E-state index contributed by atoms with van der Waals surface area (Å²) in [6.45, 7) is 0.229. The Balaban J connectivity index is 2.07. The molecule has 7 heteroatoms. The molecule has 17 heavy (non-hydrogen) atoms. The monoisotopic (exact) mass is 255 g/mol. The van der Waals surface area contributed by atoms with Crippen LogP contribution in [0.3, 0.4) is 0 Å². The van der Waals surface area contributed by atoms with E-state index in [1.54, 1.807) is 11.7 Å². The number of amides is 1. The lowest BCUT2D eigenvalue weighted by Gasteiger charge is -2.04. The number of carbonyl (C=O) groups is 1. The van der Waals surface area contributed by atoms with Crippen LogP contribution in [-0.4, -0.2) is 15.9 Å². The molecule has 4 nitrogen and oxygen atoms in total. The van der Waals surface area contributed by atoms with Crippen molar-refractivity contribution in [2.24, 2.45) is 0 Å². The van der Waals surface area contributed by atoms with Crippen molar-refractivity contribution in [2.45, 2.75) is 6.54 Å². The molecular weight excluding hydrogens is 248 g/mol. The van der Waals surface area contributed by atoms with Crippen molar-refractivity contribution >= 4 is 17.2 Å². The zero-order valence-corrected chi connectivity index (χ0v) is 9.30. The van der Waals surface area contributed by atoms with Crippen molar-refractivity contribution in [1.29, 1.82) is 0 Å². The van der Waals surface area contributed by atoms with E-state index in [0.29, 0.717) is 0 Å². The van der Waals surface area contributed by atoms with Gasteiger partial charge in [0.15, 0.2) is 5.82 Å². The summed E-state index contributed by atoms with van der Waals surface area (Å²) in [7, 11) is 0. The average Bonchev–Trinajstić information content (AvgIpc) is 2.82. The fourth-order valence-electron chi connectivity index (χ4n) is 1.19. The zero-order chi connectivity index (χ0) is 12.3. The average molecular weight is 255 g/mol. The van der Waals surface area contributed by atoms with Crippen molar-refractivity contribution in [2.75, 3.05) is 0 Å². The fraction of sp³-hybridized carbons (Fsp3) is 0.100. The van der Waals surface area contributed by atoms with E-state index in [4.69, 9.17) is 0 Å². The summed E-state index contributed by atoms with van der Waals surface area (Å²) in [5, 5.41) is 2.47. The number of rotatable bonds is 3. The second-order valence-corrected chi connectivity index (χ2v) is 4.08. The van der Waals surface area contributed by atoms with Crippen molar-refractivity contribution < 1.29 is 13.6 Å². The van der Waals surface area contributed by atoms with E-state index in [1.165, 1.54) is 11.3 Å². The first-order valence-corrected chi connectivity index (χ1v) is 5.52. The zero-order valence-electron chi connectivity index (χ0n) is 8.48. The van der Waals surface area contributed by atoms with Gasteiger partial charge >= 0.3 is 0 Å². The third-order valence-corrected chi connectivity index (χ3v) is 2.78. The summed E-state index contributed by atoms with van der Waals surface area (Å²) < 4.78 is 26.0. The molecule has 0 unspecified atom stereocenters. The maximum absolute atomic E-state index is 13.2. The van der Waals surface area contributed by atoms with Gasteiger partial charge < -0.3 is 5.32 Å². The SMILES string of the molecule is O=C(NCc1cncs1)c1ccnc(F)c1F. The highest BCUT2D eigenvalue weighted by molar-refractivity contribution is 7.09. The minimum Gasteiger partial charge on any atom is -0.347 e. The molecule has 1 amide bonds. The van der Waals surface area contributed by atoms with Gasteiger partial charge in [-0.15, -0.1) is 11.3 Å². The molecule has 0 fully saturated rings. The first kappa shape index (κ1) is 11.6. The maximum Gasteiger partial charge on any atom is 0.254 e. The van der Waals surface area contributed by atoms with Crippen molar-refractivity contribution in [1.82, 2.24) is 15.3 Å². The lowest BCUT2D eigenvalue weighted by Crippen LogP contribution is -2.24. The van der Waals surface area contributed by atoms with Crippen LogP contribution < -0.4 is 5.32 Å². The highest BCUT2D eigenvalue weighted by Gasteiger charge is 2.15. The van der Waals surface area contributed by atoms with E-state index < -0.39 is 17.7 Å². The third kappa shape index (κ3) is 2.62. The summed E-state index contributed by atoms with van der Waals surface area (Å²) >= 11 is 1.36. The van der Waals surface area contributed by atoms with E-state index in [0.717, 1.165) is 17.1 Å². The van der Waals surface area contributed by atoms with E-state index >= 15 is 0 Å². The van der Waals surface area contributed by atoms with Crippen LogP contribution in [0.25, 0.3) is 0 Å². The Morgan fingerprint density at radius 2 is 2.29 bits per heavy atom. The van der Waals surface area contributed by atoms with Gasteiger partial charge in [0.2, 0.25) is 5.95 Å². The molecule has 0 bridgehead atoms. The Morgan fingerprint density at radius 1 is 1.47 bits per heavy atom. The Labute approximate surface area is 99.3 Å². The molecule has 0 aromatic carbocycles. The number of pyridine rings is 1. The highest BCUT2D eigenvalue weighted by Crippen LogP contribution is 2.10. The third-order valence-electron chi connectivity index (χ3n) is 2.00. The van der Waals surface area contributed by atoms with Gasteiger partial charge in [-0.2, -0.15) is 4.39 Å². The molecule has 1 N–H and O–H groups in total. The van der Waals surface area contributed by atoms with Gasteiger partial charge in [0.1, 0.15) is 0 Å². The second-order valence-electron chi connectivity index (χ2n) is 3.11. The van der Waals surface area contributed by atoms with Crippen LogP contribution in [0.5, 0.6) is 0 Å². The number of thiazole rings is 1. The van der Waals surface area contributed by atoms with Gasteiger partial charge in [-0.25, -0.2) is 9.37 Å². The molecule has 2 heterocycles. The van der Waals surface area contributed by atoms with Crippen LogP contribution in [0.1, 0.15) is 15.2 Å². The topological polar surface area (TPSA) is 54.9 Å². The van der Waals surface area contributed by atoms with Crippen LogP contribution in [0.4, 0.5) is 8.78 Å². The molecule has 2 aromatic rings. The maximum atomic E-state index is 13.2. The molecule has 88 valence electrons. The number of nitrogens with zero attached hydrogens (tertiary/aromatic N) is 2. The first-order valence-electron chi connectivity index (χ1n) is 4.64. The van der Waals surface area contributed by atoms with Crippen LogP contribution >= 0.6 is 11.3 Å². The highest BCUT2D eigenvalue weighted by atomic mass is 32.1. The lowest BCUT2D eigenvalue weighted by molar-refractivity contribution is 0.0946. The molecule has 0 saturated heterocycles. The summed E-state index contributed by atoms with van der Waals surface area (Å²) in [4.78, 5) is 19.3. The van der Waals surface area contributed by atoms with Crippen LogP contribution in [0.15, 0.2) is 24.0 Å². The molecule has 0 saturated carbocycles. The van der Waals surface area contributed by atoms with E-state index in [-0.39, 0.29) is 12.1 Å². The van der Waals surface area contributed by atoms with Gasteiger partial charge in [0, 0.05) is 17.3 Å². The van der Waals surface area contributed by atoms with Gasteiger partial charge in [-0.3, -0.25) is 9.78 Å². The summed E-state index contributed by atoms with van der Waals surface area (Å²) in [5.74, 6) is -3.21. The largest absolute Gasteiger partial charge is 0.347 e. The van der Waals surface area contributed by atoms with E-state index in [1.807, 2.05) is 0 Å². The molecule has 2 aromatic heterocycles. The number of nitrogens with one attached hydrogen (secondary N) is 1. The molecule has 0 atom stereocenters. The minimum absolute atomic E-state index is 0.229. The van der Waals surface area contributed by atoms with E-state index in [2.05, 4.69) is 15.3 Å². The number of hydrogen-bond donors (Lipinski definition) is 1. The summed E-state index contributed by atoms with van der Waals surface area (Å²) in [5.41, 5.74) is 1.26. The first-order chi connectivity index (χ1) is 8.18. The Kier molecular flexibility index (Phi) is 3.38. The number of halogens is 2. The smallest absolute Gasteiger partial charge is 0.254 e. The summed E-state index contributed by atoms with van der Waals surface area (Å²) in [6.07, 6.45) is 2.63. The second kappa shape index (κ2) is 4.96. The number of aromatic nitrogens is 2. The molecule has 0 radical (unpaired) electrons. The van der Waals surface area contributed by atoms with Crippen LogP contribution in [0, 0.1) is 11.8 Å².